The summed E-state index contributed by atoms with van der Waals surface area (Å²) >= 11 is 1.67. The van der Waals surface area contributed by atoms with E-state index in [0.29, 0.717) is 54.3 Å². The largest absolute Gasteiger partial charge is 0.507 e. The number of aromatic nitrogens is 3. The number of hydrogen-bond acceptors (Lipinski definition) is 8. The lowest BCUT2D eigenvalue weighted by molar-refractivity contribution is -0.0164. The lowest BCUT2D eigenvalue weighted by Gasteiger charge is -2.44. The second-order valence-corrected chi connectivity index (χ2v) is 20.0. The summed E-state index contributed by atoms with van der Waals surface area (Å²) in [6.45, 7) is 11.3. The number of piperazine rings is 1. The van der Waals surface area contributed by atoms with Crippen LogP contribution in [-0.4, -0.2) is 102 Å². The highest BCUT2D eigenvalue weighted by atomic mass is 127. The molecule has 2 aromatic carbocycles. The van der Waals surface area contributed by atoms with Crippen molar-refractivity contribution in [2.45, 2.75) is 44.4 Å². The molecule has 2 aliphatic rings. The lowest BCUT2D eigenvalue weighted by Crippen LogP contribution is -2.58. The highest BCUT2D eigenvalue weighted by Crippen LogP contribution is 2.39. The summed E-state index contributed by atoms with van der Waals surface area (Å²) in [7, 11) is -1.32. The molecule has 2 saturated heterocycles. The van der Waals surface area contributed by atoms with E-state index in [4.69, 9.17) is 19.3 Å². The topological polar surface area (TPSA) is 85.1 Å². The first-order valence-corrected chi connectivity index (χ1v) is 21.4. The molecule has 1 atom stereocenters. The van der Waals surface area contributed by atoms with E-state index in [1.807, 2.05) is 12.1 Å². The number of benzene rings is 2. The monoisotopic (exact) mass is 795 g/mol. The Labute approximate surface area is 293 Å². The van der Waals surface area contributed by atoms with E-state index in [1.54, 1.807) is 45.6 Å². The molecule has 0 spiro atoms. The van der Waals surface area contributed by atoms with Crippen molar-refractivity contribution in [1.82, 2.24) is 19.7 Å². The summed E-state index contributed by atoms with van der Waals surface area (Å²) in [5, 5.41) is 16.1. The van der Waals surface area contributed by atoms with E-state index in [9.17, 15) is 18.3 Å². The SMILES string of the molecule is C[Si](C)(C)CCOCn1nc(-c2ccc(N3CCN4CCOC[C@H]4C3)c(OCC(F)(F)CI)c2)c2cc(-c3c(O)cccc3F)ncc21. The van der Waals surface area contributed by atoms with E-state index < -0.39 is 26.4 Å². The summed E-state index contributed by atoms with van der Waals surface area (Å²) < 4.78 is 62.9. The van der Waals surface area contributed by atoms with Gasteiger partial charge in [-0.15, -0.1) is 0 Å². The number of fused-ring (bicyclic) bond motifs is 2. The van der Waals surface area contributed by atoms with Crippen molar-refractivity contribution in [3.05, 3.63) is 54.5 Å². The Morgan fingerprint density at radius 3 is 2.73 bits per heavy atom. The van der Waals surface area contributed by atoms with Crippen LogP contribution in [0, 0.1) is 5.82 Å². The number of rotatable bonds is 12. The first kappa shape index (κ1) is 34.9. The summed E-state index contributed by atoms with van der Waals surface area (Å²) in [5.74, 6) is -3.51. The molecule has 2 aromatic heterocycles. The fourth-order valence-electron chi connectivity index (χ4n) is 6.04. The molecular weight excluding hydrogens is 754 g/mol. The molecule has 0 aliphatic carbocycles. The van der Waals surface area contributed by atoms with Crippen LogP contribution < -0.4 is 9.64 Å². The average molecular weight is 796 g/mol. The van der Waals surface area contributed by atoms with E-state index >= 15 is 0 Å². The van der Waals surface area contributed by atoms with Crippen LogP contribution in [0.2, 0.25) is 25.7 Å². The zero-order valence-corrected chi connectivity index (χ0v) is 30.6. The summed E-state index contributed by atoms with van der Waals surface area (Å²) in [4.78, 5) is 9.06. The zero-order chi connectivity index (χ0) is 34.1. The molecule has 4 aromatic rings. The van der Waals surface area contributed by atoms with Gasteiger partial charge in [-0.1, -0.05) is 54.4 Å². The number of ether oxygens (including phenoxy) is 3. The van der Waals surface area contributed by atoms with Crippen molar-refractivity contribution < 1.29 is 32.5 Å². The van der Waals surface area contributed by atoms with Gasteiger partial charge < -0.3 is 24.2 Å². The zero-order valence-electron chi connectivity index (χ0n) is 27.4. The summed E-state index contributed by atoms with van der Waals surface area (Å²) in [6.07, 6.45) is 1.59. The number of phenolic OH excluding ortho intramolecular Hbond substituents is 1. The van der Waals surface area contributed by atoms with Crippen molar-refractivity contribution >= 4 is 47.3 Å². The third-order valence-electron chi connectivity index (χ3n) is 8.74. The molecule has 9 nitrogen and oxygen atoms in total. The van der Waals surface area contributed by atoms with Crippen molar-refractivity contribution in [2.75, 3.05) is 61.9 Å². The molecule has 4 heterocycles. The maximum Gasteiger partial charge on any atom is 0.290 e. The molecule has 6 rings (SSSR count). The van der Waals surface area contributed by atoms with E-state index in [2.05, 4.69) is 34.4 Å². The van der Waals surface area contributed by atoms with Gasteiger partial charge in [0, 0.05) is 51.8 Å². The number of alkyl halides is 3. The minimum Gasteiger partial charge on any atom is -0.507 e. The predicted molar refractivity (Wildman–Crippen MR) is 192 cm³/mol. The number of pyridine rings is 1. The first-order valence-electron chi connectivity index (χ1n) is 16.1. The van der Waals surface area contributed by atoms with E-state index in [-0.39, 0.29) is 34.2 Å². The Morgan fingerprint density at radius 1 is 1.12 bits per heavy atom. The Bertz CT molecular complexity index is 1730. The van der Waals surface area contributed by atoms with Crippen LogP contribution in [0.15, 0.2) is 48.7 Å². The molecule has 0 radical (unpaired) electrons. The summed E-state index contributed by atoms with van der Waals surface area (Å²) in [6, 6.07) is 12.5. The average Bonchev–Trinajstić information content (AvgIpc) is 3.43. The molecular formula is C34H41F3IN5O4Si. The Hall–Kier alpha value is -2.92. The van der Waals surface area contributed by atoms with Gasteiger partial charge in [0.05, 0.1) is 52.3 Å². The quantitative estimate of drug-likeness (QED) is 0.0719. The van der Waals surface area contributed by atoms with Crippen LogP contribution in [-0.2, 0) is 16.2 Å². The number of hydrogen-bond donors (Lipinski definition) is 1. The van der Waals surface area contributed by atoms with Crippen LogP contribution in [0.1, 0.15) is 0 Å². The van der Waals surface area contributed by atoms with Gasteiger partial charge in [0.15, 0.2) is 6.61 Å². The van der Waals surface area contributed by atoms with Crippen molar-refractivity contribution in [2.24, 2.45) is 0 Å². The fraction of sp³-hybridized carbons (Fsp3) is 0.471. The molecule has 14 heteroatoms. The van der Waals surface area contributed by atoms with Crippen LogP contribution in [0.5, 0.6) is 11.5 Å². The lowest BCUT2D eigenvalue weighted by atomic mass is 10.0. The van der Waals surface area contributed by atoms with E-state index in [0.717, 1.165) is 31.4 Å². The van der Waals surface area contributed by atoms with Crippen molar-refractivity contribution in [3.8, 4) is 34.0 Å². The third kappa shape index (κ3) is 7.93. The smallest absolute Gasteiger partial charge is 0.290 e. The highest BCUT2D eigenvalue weighted by Gasteiger charge is 2.33. The third-order valence-corrected chi connectivity index (χ3v) is 11.6. The van der Waals surface area contributed by atoms with Gasteiger partial charge in [-0.25, -0.2) is 17.9 Å². The fourth-order valence-corrected chi connectivity index (χ4v) is 7.02. The molecule has 258 valence electrons. The molecule has 0 saturated carbocycles. The number of nitrogens with zero attached hydrogens (tertiary/aromatic N) is 5. The second-order valence-electron chi connectivity index (χ2n) is 13.6. The van der Waals surface area contributed by atoms with Crippen LogP contribution in [0.3, 0.4) is 0 Å². The molecule has 48 heavy (non-hydrogen) atoms. The van der Waals surface area contributed by atoms with Gasteiger partial charge in [0.25, 0.3) is 5.92 Å². The number of phenols is 1. The minimum atomic E-state index is -3.01. The first-order chi connectivity index (χ1) is 22.9. The van der Waals surface area contributed by atoms with Crippen LogP contribution in [0.25, 0.3) is 33.4 Å². The Kier molecular flexibility index (Phi) is 10.6. The normalized spacial score (nSPS) is 17.6. The van der Waals surface area contributed by atoms with Gasteiger partial charge in [0.1, 0.15) is 29.7 Å². The Morgan fingerprint density at radius 2 is 1.96 bits per heavy atom. The molecule has 0 bridgehead atoms. The van der Waals surface area contributed by atoms with Crippen LogP contribution in [0.4, 0.5) is 18.9 Å². The van der Waals surface area contributed by atoms with Gasteiger partial charge in [-0.3, -0.25) is 9.88 Å². The van der Waals surface area contributed by atoms with Gasteiger partial charge in [-0.05, 0) is 36.4 Å². The molecule has 0 amide bonds. The maximum atomic E-state index is 14.9. The number of morpholine rings is 1. The van der Waals surface area contributed by atoms with Crippen molar-refractivity contribution in [3.63, 3.8) is 0 Å². The highest BCUT2D eigenvalue weighted by molar-refractivity contribution is 14.1. The number of anilines is 1. The molecule has 2 fully saturated rings. The standard InChI is InChI=1S/C34H41F3IN5O4Si/c1-48(2,3)14-13-46-22-43-29-17-39-27(32-26(35)5-4-6-30(32)44)16-25(29)33(40-43)23-7-8-28(31(15-23)47-21-34(36,37)20-38)42-10-9-41-11-12-45-19-24(41)18-42/h4-8,15-17,24,44H,9-14,18-22H2,1-3H3/t24-/m1/s1. The van der Waals surface area contributed by atoms with E-state index in [1.165, 1.54) is 18.2 Å². The van der Waals surface area contributed by atoms with Crippen LogP contribution >= 0.6 is 22.6 Å². The predicted octanol–water partition coefficient (Wildman–Crippen LogP) is 6.89. The van der Waals surface area contributed by atoms with Gasteiger partial charge >= 0.3 is 0 Å². The molecule has 2 aliphatic heterocycles. The second kappa shape index (κ2) is 14.5. The number of halogens is 4. The minimum absolute atomic E-state index is 0.0179. The van der Waals surface area contributed by atoms with Crippen molar-refractivity contribution in [1.29, 1.82) is 0 Å². The maximum absolute atomic E-state index is 14.9. The molecule has 1 N–H and O–H groups in total. The van der Waals surface area contributed by atoms with Gasteiger partial charge in [0.2, 0.25) is 0 Å². The molecule has 0 unspecified atom stereocenters. The summed E-state index contributed by atoms with van der Waals surface area (Å²) in [5.41, 5.74) is 2.75. The Balaban J connectivity index is 1.41. The number of aromatic hydroxyl groups is 1. The van der Waals surface area contributed by atoms with Gasteiger partial charge in [-0.2, -0.15) is 5.10 Å².